The maximum absolute atomic E-state index is 12.3. The van der Waals surface area contributed by atoms with E-state index in [2.05, 4.69) is 20.6 Å². The van der Waals surface area contributed by atoms with Crippen LogP contribution >= 0.6 is 11.3 Å². The maximum Gasteiger partial charge on any atom is 0.262 e. The summed E-state index contributed by atoms with van der Waals surface area (Å²) in [4.78, 5) is 42.9. The van der Waals surface area contributed by atoms with Crippen molar-refractivity contribution in [2.75, 3.05) is 6.54 Å². The van der Waals surface area contributed by atoms with Crippen molar-refractivity contribution in [2.45, 2.75) is 25.8 Å². The normalized spacial score (nSPS) is 18.5. The van der Waals surface area contributed by atoms with Gasteiger partial charge in [0.2, 0.25) is 5.91 Å². The molecule has 2 aromatic rings. The molecule has 1 aliphatic heterocycles. The van der Waals surface area contributed by atoms with E-state index in [-0.39, 0.29) is 23.4 Å². The first-order valence-electron chi connectivity index (χ1n) is 6.60. The van der Waals surface area contributed by atoms with Crippen LogP contribution in [-0.2, 0) is 4.79 Å². The van der Waals surface area contributed by atoms with E-state index in [0.29, 0.717) is 40.0 Å². The summed E-state index contributed by atoms with van der Waals surface area (Å²) in [6.07, 6.45) is 2.37. The summed E-state index contributed by atoms with van der Waals surface area (Å²) in [7, 11) is 0. The fourth-order valence-electron chi connectivity index (χ4n) is 2.40. The third-order valence-corrected chi connectivity index (χ3v) is 4.74. The van der Waals surface area contributed by atoms with Crippen molar-refractivity contribution in [1.29, 1.82) is 0 Å². The zero-order valence-corrected chi connectivity index (χ0v) is 12.2. The SMILES string of the molecule is Cc1c(C(=O)NC2CCC(=O)NC2)sc2nc[nH]c(=O)c12. The van der Waals surface area contributed by atoms with E-state index in [4.69, 9.17) is 0 Å². The van der Waals surface area contributed by atoms with Gasteiger partial charge in [-0.2, -0.15) is 0 Å². The highest BCUT2D eigenvalue weighted by Crippen LogP contribution is 2.26. The number of aryl methyl sites for hydroxylation is 1. The molecule has 2 aromatic heterocycles. The highest BCUT2D eigenvalue weighted by molar-refractivity contribution is 7.20. The van der Waals surface area contributed by atoms with Gasteiger partial charge in [0.15, 0.2) is 0 Å². The van der Waals surface area contributed by atoms with E-state index in [1.807, 2.05) is 0 Å². The van der Waals surface area contributed by atoms with Gasteiger partial charge in [0.05, 0.1) is 16.6 Å². The zero-order chi connectivity index (χ0) is 15.0. The van der Waals surface area contributed by atoms with Crippen molar-refractivity contribution in [3.05, 3.63) is 27.1 Å². The number of aromatic nitrogens is 2. The Labute approximate surface area is 123 Å². The smallest absolute Gasteiger partial charge is 0.262 e. The molecule has 8 heteroatoms. The molecule has 3 heterocycles. The van der Waals surface area contributed by atoms with E-state index in [0.717, 1.165) is 0 Å². The van der Waals surface area contributed by atoms with Crippen LogP contribution in [0.25, 0.3) is 10.2 Å². The van der Waals surface area contributed by atoms with Gasteiger partial charge in [-0.1, -0.05) is 0 Å². The zero-order valence-electron chi connectivity index (χ0n) is 11.4. The number of hydrogen-bond donors (Lipinski definition) is 3. The van der Waals surface area contributed by atoms with Gasteiger partial charge in [-0.15, -0.1) is 11.3 Å². The molecular weight excluding hydrogens is 292 g/mol. The fraction of sp³-hybridized carbons (Fsp3) is 0.385. The molecule has 1 unspecified atom stereocenters. The van der Waals surface area contributed by atoms with Gasteiger partial charge in [0.1, 0.15) is 4.83 Å². The molecule has 0 aliphatic carbocycles. The summed E-state index contributed by atoms with van der Waals surface area (Å²) < 4.78 is 0. The topological polar surface area (TPSA) is 104 Å². The summed E-state index contributed by atoms with van der Waals surface area (Å²) in [5, 5.41) is 6.08. The van der Waals surface area contributed by atoms with E-state index >= 15 is 0 Å². The summed E-state index contributed by atoms with van der Waals surface area (Å²) in [6.45, 7) is 2.18. The Hall–Kier alpha value is -2.22. The van der Waals surface area contributed by atoms with Crippen molar-refractivity contribution in [2.24, 2.45) is 0 Å². The summed E-state index contributed by atoms with van der Waals surface area (Å²) >= 11 is 1.20. The molecule has 0 aromatic carbocycles. The molecule has 3 rings (SSSR count). The standard InChI is InChI=1S/C13H14N4O3S/c1-6-9-11(19)15-5-16-13(9)21-10(6)12(20)17-7-2-3-8(18)14-4-7/h5,7H,2-4H2,1H3,(H,14,18)(H,17,20)(H,15,16,19). The van der Waals surface area contributed by atoms with Gasteiger partial charge >= 0.3 is 0 Å². The van der Waals surface area contributed by atoms with Crippen LogP contribution in [0, 0.1) is 6.92 Å². The minimum Gasteiger partial charge on any atom is -0.354 e. The maximum atomic E-state index is 12.3. The molecule has 0 bridgehead atoms. The number of carbonyl (C=O) groups is 2. The monoisotopic (exact) mass is 306 g/mol. The Kier molecular flexibility index (Phi) is 3.46. The van der Waals surface area contributed by atoms with Crippen molar-refractivity contribution < 1.29 is 9.59 Å². The van der Waals surface area contributed by atoms with Crippen LogP contribution in [0.4, 0.5) is 0 Å². The lowest BCUT2D eigenvalue weighted by Gasteiger charge is -2.23. The van der Waals surface area contributed by atoms with E-state index < -0.39 is 0 Å². The first kappa shape index (κ1) is 13.7. The number of carbonyl (C=O) groups excluding carboxylic acids is 2. The van der Waals surface area contributed by atoms with Gasteiger partial charge in [-0.25, -0.2) is 4.98 Å². The number of hydrogen-bond acceptors (Lipinski definition) is 5. The summed E-state index contributed by atoms with van der Waals surface area (Å²) in [5.74, 6) is -0.217. The highest BCUT2D eigenvalue weighted by atomic mass is 32.1. The quantitative estimate of drug-likeness (QED) is 0.742. The Morgan fingerprint density at radius 1 is 1.48 bits per heavy atom. The molecule has 110 valence electrons. The third kappa shape index (κ3) is 2.54. The van der Waals surface area contributed by atoms with Crippen LogP contribution in [0.15, 0.2) is 11.1 Å². The van der Waals surface area contributed by atoms with Gasteiger partial charge in [0.25, 0.3) is 11.5 Å². The van der Waals surface area contributed by atoms with Crippen molar-refractivity contribution >= 4 is 33.4 Å². The van der Waals surface area contributed by atoms with E-state index in [1.165, 1.54) is 17.7 Å². The number of piperidine rings is 1. The third-order valence-electron chi connectivity index (χ3n) is 3.54. The average molecular weight is 306 g/mol. The molecule has 0 radical (unpaired) electrons. The van der Waals surface area contributed by atoms with Crippen LogP contribution < -0.4 is 16.2 Å². The largest absolute Gasteiger partial charge is 0.354 e. The van der Waals surface area contributed by atoms with Crippen molar-refractivity contribution in [3.8, 4) is 0 Å². The Morgan fingerprint density at radius 3 is 2.95 bits per heavy atom. The fourth-order valence-corrected chi connectivity index (χ4v) is 3.46. The number of aromatic amines is 1. The molecule has 0 spiro atoms. The number of nitrogens with zero attached hydrogens (tertiary/aromatic N) is 1. The van der Waals surface area contributed by atoms with Crippen LogP contribution in [0.2, 0.25) is 0 Å². The predicted octanol–water partition coefficient (Wildman–Crippen LogP) is 0.301. The molecule has 1 fully saturated rings. The predicted molar refractivity (Wildman–Crippen MR) is 78.5 cm³/mol. The second kappa shape index (κ2) is 5.28. The molecule has 1 aliphatic rings. The van der Waals surface area contributed by atoms with Gasteiger partial charge in [-0.05, 0) is 18.9 Å². The minimum atomic E-state index is -0.238. The molecule has 3 N–H and O–H groups in total. The van der Waals surface area contributed by atoms with Gasteiger partial charge in [0, 0.05) is 19.0 Å². The summed E-state index contributed by atoms with van der Waals surface area (Å²) in [5.41, 5.74) is 0.402. The molecule has 21 heavy (non-hydrogen) atoms. The number of rotatable bonds is 2. The second-order valence-corrected chi connectivity index (χ2v) is 5.98. The second-order valence-electron chi connectivity index (χ2n) is 4.98. The van der Waals surface area contributed by atoms with Crippen LogP contribution in [-0.4, -0.2) is 34.4 Å². The Balaban J connectivity index is 1.85. The molecular formula is C13H14N4O3S. The first-order valence-corrected chi connectivity index (χ1v) is 7.42. The number of nitrogens with one attached hydrogen (secondary N) is 3. The lowest BCUT2D eigenvalue weighted by atomic mass is 10.1. The van der Waals surface area contributed by atoms with E-state index in [9.17, 15) is 14.4 Å². The molecule has 2 amide bonds. The first-order chi connectivity index (χ1) is 10.1. The minimum absolute atomic E-state index is 0.00859. The Bertz CT molecular complexity index is 769. The van der Waals surface area contributed by atoms with Gasteiger partial charge in [-0.3, -0.25) is 14.4 Å². The lowest BCUT2D eigenvalue weighted by Crippen LogP contribution is -2.47. The molecule has 1 atom stereocenters. The van der Waals surface area contributed by atoms with Crippen molar-refractivity contribution in [3.63, 3.8) is 0 Å². The van der Waals surface area contributed by atoms with E-state index in [1.54, 1.807) is 6.92 Å². The van der Waals surface area contributed by atoms with Crippen molar-refractivity contribution in [1.82, 2.24) is 20.6 Å². The molecule has 0 saturated carbocycles. The number of thiophene rings is 1. The number of fused-ring (bicyclic) bond motifs is 1. The van der Waals surface area contributed by atoms with Gasteiger partial charge < -0.3 is 15.6 Å². The average Bonchev–Trinajstić information content (AvgIpc) is 2.80. The van der Waals surface area contributed by atoms with Crippen LogP contribution in [0.3, 0.4) is 0 Å². The molecule has 7 nitrogen and oxygen atoms in total. The summed E-state index contributed by atoms with van der Waals surface area (Å²) in [6, 6.07) is -0.0777. The number of H-pyrrole nitrogens is 1. The molecule has 1 saturated heterocycles. The van der Waals surface area contributed by atoms with Crippen LogP contribution in [0.1, 0.15) is 28.1 Å². The Morgan fingerprint density at radius 2 is 2.29 bits per heavy atom. The highest BCUT2D eigenvalue weighted by Gasteiger charge is 2.23. The lowest BCUT2D eigenvalue weighted by molar-refractivity contribution is -0.122. The number of amides is 2. The van der Waals surface area contributed by atoms with Crippen LogP contribution in [0.5, 0.6) is 0 Å².